The summed E-state index contributed by atoms with van der Waals surface area (Å²) in [6, 6.07) is 11.8. The number of aliphatic hydroxyl groups is 1. The van der Waals surface area contributed by atoms with Crippen molar-refractivity contribution in [3.05, 3.63) is 64.9 Å². The van der Waals surface area contributed by atoms with E-state index in [0.717, 1.165) is 11.1 Å². The second-order valence-corrected chi connectivity index (χ2v) is 5.73. The van der Waals surface area contributed by atoms with Gasteiger partial charge in [-0.15, -0.1) is 0 Å². The van der Waals surface area contributed by atoms with Gasteiger partial charge in [0.05, 0.1) is 24.3 Å². The number of halogens is 1. The predicted molar refractivity (Wildman–Crippen MR) is 87.7 cm³/mol. The van der Waals surface area contributed by atoms with Crippen molar-refractivity contribution < 1.29 is 9.84 Å². The summed E-state index contributed by atoms with van der Waals surface area (Å²) in [6.45, 7) is 2.01. The number of hydrogen-bond acceptors (Lipinski definition) is 4. The zero-order valence-corrected chi connectivity index (χ0v) is 13.4. The van der Waals surface area contributed by atoms with Gasteiger partial charge in [0.1, 0.15) is 0 Å². The fraction of sp³-hybridized carbons (Fsp3) is 0.353. The summed E-state index contributed by atoms with van der Waals surface area (Å²) in [6.07, 6.45) is 2.81. The van der Waals surface area contributed by atoms with E-state index in [0.29, 0.717) is 31.3 Å². The first-order valence-corrected chi connectivity index (χ1v) is 7.59. The molecule has 0 fully saturated rings. The smallest absolute Gasteiger partial charge is 0.0900 e. The van der Waals surface area contributed by atoms with Crippen LogP contribution in [-0.4, -0.2) is 41.3 Å². The lowest BCUT2D eigenvalue weighted by Gasteiger charge is -2.21. The SMILES string of the molecule is CN(Cc1ccncc1Cl)CC(O)COCc1ccccc1. The Morgan fingerprint density at radius 3 is 2.77 bits per heavy atom. The van der Waals surface area contributed by atoms with Gasteiger partial charge in [0.25, 0.3) is 0 Å². The molecule has 4 nitrogen and oxygen atoms in total. The largest absolute Gasteiger partial charge is 0.389 e. The van der Waals surface area contributed by atoms with Crippen molar-refractivity contribution in [2.24, 2.45) is 0 Å². The van der Waals surface area contributed by atoms with Gasteiger partial charge in [-0.3, -0.25) is 9.88 Å². The molecule has 0 aliphatic rings. The third kappa shape index (κ3) is 5.73. The number of hydrogen-bond donors (Lipinski definition) is 1. The first-order chi connectivity index (χ1) is 10.6. The molecule has 0 spiro atoms. The number of benzene rings is 1. The average molecular weight is 321 g/mol. The molecule has 0 aliphatic carbocycles. The van der Waals surface area contributed by atoms with Crippen LogP contribution in [-0.2, 0) is 17.9 Å². The normalized spacial score (nSPS) is 12.5. The van der Waals surface area contributed by atoms with Gasteiger partial charge in [-0.2, -0.15) is 0 Å². The van der Waals surface area contributed by atoms with Gasteiger partial charge in [-0.1, -0.05) is 41.9 Å². The molecule has 1 unspecified atom stereocenters. The maximum atomic E-state index is 10.0. The molecule has 2 rings (SSSR count). The maximum absolute atomic E-state index is 10.0. The topological polar surface area (TPSA) is 45.6 Å². The van der Waals surface area contributed by atoms with Crippen LogP contribution in [0.5, 0.6) is 0 Å². The number of pyridine rings is 1. The number of nitrogens with zero attached hydrogens (tertiary/aromatic N) is 2. The average Bonchev–Trinajstić information content (AvgIpc) is 2.50. The molecule has 1 atom stereocenters. The van der Waals surface area contributed by atoms with Crippen LogP contribution in [0.2, 0.25) is 5.02 Å². The lowest BCUT2D eigenvalue weighted by atomic mass is 10.2. The molecule has 0 bridgehead atoms. The van der Waals surface area contributed by atoms with Crippen LogP contribution in [0.4, 0.5) is 0 Å². The highest BCUT2D eigenvalue weighted by Crippen LogP contribution is 2.15. The van der Waals surface area contributed by atoms with Gasteiger partial charge in [-0.05, 0) is 24.2 Å². The van der Waals surface area contributed by atoms with E-state index in [2.05, 4.69) is 4.98 Å². The summed E-state index contributed by atoms with van der Waals surface area (Å²) >= 11 is 6.08. The molecule has 0 saturated heterocycles. The summed E-state index contributed by atoms with van der Waals surface area (Å²) < 4.78 is 5.54. The Kier molecular flexibility index (Phi) is 6.80. The molecule has 118 valence electrons. The summed E-state index contributed by atoms with van der Waals surface area (Å²) in [7, 11) is 1.94. The van der Waals surface area contributed by atoms with Crippen LogP contribution in [0, 0.1) is 0 Å². The molecule has 2 aromatic rings. The van der Waals surface area contributed by atoms with E-state index in [4.69, 9.17) is 16.3 Å². The third-order valence-electron chi connectivity index (χ3n) is 3.24. The van der Waals surface area contributed by atoms with Crippen LogP contribution < -0.4 is 0 Å². The minimum Gasteiger partial charge on any atom is -0.389 e. The number of rotatable bonds is 8. The van der Waals surface area contributed by atoms with Gasteiger partial charge >= 0.3 is 0 Å². The Morgan fingerprint density at radius 2 is 2.05 bits per heavy atom. The Hall–Kier alpha value is -1.46. The monoisotopic (exact) mass is 320 g/mol. The van der Waals surface area contributed by atoms with Crippen LogP contribution in [0.15, 0.2) is 48.8 Å². The van der Waals surface area contributed by atoms with Crippen molar-refractivity contribution in [1.82, 2.24) is 9.88 Å². The van der Waals surface area contributed by atoms with Crippen molar-refractivity contribution in [3.8, 4) is 0 Å². The minimum atomic E-state index is -0.533. The van der Waals surface area contributed by atoms with E-state index < -0.39 is 6.10 Å². The molecule has 22 heavy (non-hydrogen) atoms. The van der Waals surface area contributed by atoms with E-state index in [1.54, 1.807) is 12.4 Å². The van der Waals surface area contributed by atoms with E-state index in [-0.39, 0.29) is 0 Å². The van der Waals surface area contributed by atoms with Gasteiger partial charge < -0.3 is 9.84 Å². The molecule has 0 saturated carbocycles. The fourth-order valence-corrected chi connectivity index (χ4v) is 2.37. The third-order valence-corrected chi connectivity index (χ3v) is 3.58. The molecule has 0 radical (unpaired) electrons. The van der Waals surface area contributed by atoms with Gasteiger partial charge in [0.15, 0.2) is 0 Å². The Bertz CT molecular complexity index is 566. The van der Waals surface area contributed by atoms with Gasteiger partial charge in [-0.25, -0.2) is 0 Å². The maximum Gasteiger partial charge on any atom is 0.0900 e. The highest BCUT2D eigenvalue weighted by molar-refractivity contribution is 6.31. The molecule has 1 N–H and O–H groups in total. The fourth-order valence-electron chi connectivity index (χ4n) is 2.19. The minimum absolute atomic E-state index is 0.309. The number of aromatic nitrogens is 1. The molecule has 1 aromatic heterocycles. The molecule has 0 aliphatic heterocycles. The van der Waals surface area contributed by atoms with E-state index in [9.17, 15) is 5.11 Å². The zero-order valence-electron chi connectivity index (χ0n) is 12.7. The lowest BCUT2D eigenvalue weighted by molar-refractivity contribution is 0.0127. The number of likely N-dealkylation sites (N-methyl/N-ethyl adjacent to an activating group) is 1. The Morgan fingerprint density at radius 1 is 1.27 bits per heavy atom. The summed E-state index contributed by atoms with van der Waals surface area (Å²) in [5.74, 6) is 0. The van der Waals surface area contributed by atoms with E-state index in [1.165, 1.54) is 0 Å². The van der Waals surface area contributed by atoms with Crippen LogP contribution in [0.3, 0.4) is 0 Å². The molecular weight excluding hydrogens is 300 g/mol. The molecular formula is C17H21ClN2O2. The van der Waals surface area contributed by atoms with Crippen molar-refractivity contribution >= 4 is 11.6 Å². The summed E-state index contributed by atoms with van der Waals surface area (Å²) in [4.78, 5) is 5.97. The predicted octanol–water partition coefficient (Wildman–Crippen LogP) is 2.74. The highest BCUT2D eigenvalue weighted by Gasteiger charge is 2.10. The Balaban J connectivity index is 1.70. The second kappa shape index (κ2) is 8.86. The van der Waals surface area contributed by atoms with Crippen LogP contribution >= 0.6 is 11.6 Å². The van der Waals surface area contributed by atoms with Gasteiger partial charge in [0, 0.05) is 25.5 Å². The van der Waals surface area contributed by atoms with Crippen molar-refractivity contribution in [3.63, 3.8) is 0 Å². The van der Waals surface area contributed by atoms with Crippen molar-refractivity contribution in [1.29, 1.82) is 0 Å². The molecule has 1 heterocycles. The number of ether oxygens (including phenoxy) is 1. The van der Waals surface area contributed by atoms with E-state index >= 15 is 0 Å². The molecule has 0 amide bonds. The first-order valence-electron chi connectivity index (χ1n) is 7.22. The van der Waals surface area contributed by atoms with Crippen LogP contribution in [0.25, 0.3) is 0 Å². The Labute approximate surface area is 136 Å². The highest BCUT2D eigenvalue weighted by atomic mass is 35.5. The van der Waals surface area contributed by atoms with Crippen LogP contribution in [0.1, 0.15) is 11.1 Å². The van der Waals surface area contributed by atoms with Gasteiger partial charge in [0.2, 0.25) is 0 Å². The lowest BCUT2D eigenvalue weighted by Crippen LogP contribution is -2.32. The zero-order chi connectivity index (χ0) is 15.8. The summed E-state index contributed by atoms with van der Waals surface area (Å²) in [5, 5.41) is 10.7. The molecule has 5 heteroatoms. The second-order valence-electron chi connectivity index (χ2n) is 5.32. The number of aliphatic hydroxyl groups excluding tert-OH is 1. The summed E-state index contributed by atoms with van der Waals surface area (Å²) in [5.41, 5.74) is 2.10. The molecule has 1 aromatic carbocycles. The van der Waals surface area contributed by atoms with E-state index in [1.807, 2.05) is 48.3 Å². The van der Waals surface area contributed by atoms with Crippen molar-refractivity contribution in [2.45, 2.75) is 19.3 Å². The quantitative estimate of drug-likeness (QED) is 0.812. The first kappa shape index (κ1) is 16.9. The standard InChI is InChI=1S/C17H21ClN2O2/c1-20(10-15-7-8-19-9-17(15)18)11-16(21)13-22-12-14-5-3-2-4-6-14/h2-9,16,21H,10-13H2,1H3. The van der Waals surface area contributed by atoms with Crippen molar-refractivity contribution in [2.75, 3.05) is 20.2 Å².